The van der Waals surface area contributed by atoms with Gasteiger partial charge in [0, 0.05) is 4.88 Å². The Morgan fingerprint density at radius 1 is 1.47 bits per heavy atom. The summed E-state index contributed by atoms with van der Waals surface area (Å²) in [4.78, 5) is 5.08. The molecule has 1 aliphatic rings. The van der Waals surface area contributed by atoms with Crippen LogP contribution in [0.1, 0.15) is 35.1 Å². The molecule has 1 saturated heterocycles. The predicted octanol–water partition coefficient (Wildman–Crippen LogP) is 1.67. The Balaban J connectivity index is 2.41. The van der Waals surface area contributed by atoms with E-state index in [1.165, 1.54) is 11.3 Å². The number of nitrogens with two attached hydrogens (primary N) is 1. The Kier molecular flexibility index (Phi) is 2.72. The zero-order valence-corrected chi connectivity index (χ0v) is 10.2. The maximum atomic E-state index is 11.9. The molecule has 0 saturated carbocycles. The molecule has 6 heteroatoms. The van der Waals surface area contributed by atoms with Crippen molar-refractivity contribution in [2.45, 2.75) is 31.4 Å². The van der Waals surface area contributed by atoms with Crippen LogP contribution in [0.25, 0.3) is 0 Å². The van der Waals surface area contributed by atoms with Crippen molar-refractivity contribution in [3.05, 3.63) is 10.6 Å². The van der Waals surface area contributed by atoms with Crippen LogP contribution >= 0.6 is 11.3 Å². The molecule has 1 fully saturated rings. The van der Waals surface area contributed by atoms with E-state index in [-0.39, 0.29) is 5.75 Å². The summed E-state index contributed by atoms with van der Waals surface area (Å²) >= 11 is 1.37. The molecule has 0 bridgehead atoms. The Labute approximate surface area is 93.4 Å². The van der Waals surface area contributed by atoms with Crippen LogP contribution in [-0.4, -0.2) is 19.2 Å². The van der Waals surface area contributed by atoms with Crippen molar-refractivity contribution in [2.24, 2.45) is 0 Å². The van der Waals surface area contributed by atoms with Gasteiger partial charge in [0.05, 0.1) is 11.4 Å². The smallest absolute Gasteiger partial charge is 0.180 e. The summed E-state index contributed by atoms with van der Waals surface area (Å²) in [5, 5.41) is 0.0445. The molecule has 4 nitrogen and oxygen atoms in total. The fourth-order valence-electron chi connectivity index (χ4n) is 1.99. The highest BCUT2D eigenvalue weighted by atomic mass is 32.2. The number of aromatic nitrogens is 1. The van der Waals surface area contributed by atoms with E-state index in [4.69, 9.17) is 5.73 Å². The lowest BCUT2D eigenvalue weighted by Gasteiger charge is -2.21. The number of aryl methyl sites for hydroxylation is 1. The lowest BCUT2D eigenvalue weighted by atomic mass is 10.1. The molecule has 0 spiro atoms. The lowest BCUT2D eigenvalue weighted by Crippen LogP contribution is -2.22. The topological polar surface area (TPSA) is 73.0 Å². The van der Waals surface area contributed by atoms with E-state index in [1.54, 1.807) is 0 Å². The van der Waals surface area contributed by atoms with Crippen molar-refractivity contribution in [2.75, 3.05) is 11.5 Å². The molecule has 15 heavy (non-hydrogen) atoms. The van der Waals surface area contributed by atoms with Gasteiger partial charge in [-0.2, -0.15) is 0 Å². The largest absolute Gasteiger partial charge is 0.375 e. The first-order valence-electron chi connectivity index (χ1n) is 4.95. The number of anilines is 1. The molecule has 2 N–H and O–H groups in total. The number of nitrogens with zero attached hydrogens (tertiary/aromatic N) is 1. The Morgan fingerprint density at radius 2 is 2.20 bits per heavy atom. The Morgan fingerprint density at radius 3 is 2.73 bits per heavy atom. The van der Waals surface area contributed by atoms with Gasteiger partial charge in [0.25, 0.3) is 0 Å². The number of sulfone groups is 1. The van der Waals surface area contributed by atoms with E-state index in [0.717, 1.165) is 17.7 Å². The van der Waals surface area contributed by atoms with Crippen molar-refractivity contribution in [3.8, 4) is 0 Å². The number of thiazole rings is 1. The zero-order chi connectivity index (χ0) is 11.1. The molecular weight excluding hydrogens is 232 g/mol. The average molecular weight is 246 g/mol. The molecular formula is C9H14N2O2S2. The van der Waals surface area contributed by atoms with Crippen LogP contribution in [0.3, 0.4) is 0 Å². The monoisotopic (exact) mass is 246 g/mol. The first kappa shape index (κ1) is 10.9. The van der Waals surface area contributed by atoms with Crippen LogP contribution in [-0.2, 0) is 9.84 Å². The van der Waals surface area contributed by atoms with Crippen LogP contribution < -0.4 is 5.73 Å². The number of rotatable bonds is 1. The summed E-state index contributed by atoms with van der Waals surface area (Å²) in [5.74, 6) is 0.286. The van der Waals surface area contributed by atoms with Crippen LogP contribution in [0, 0.1) is 6.92 Å². The third-order valence-electron chi connectivity index (χ3n) is 2.73. The van der Waals surface area contributed by atoms with Gasteiger partial charge in [-0.3, -0.25) is 0 Å². The molecule has 1 atom stereocenters. The average Bonchev–Trinajstić information content (AvgIpc) is 2.44. The van der Waals surface area contributed by atoms with Crippen molar-refractivity contribution in [3.63, 3.8) is 0 Å². The molecule has 2 rings (SSSR count). The van der Waals surface area contributed by atoms with Gasteiger partial charge in [0.15, 0.2) is 15.0 Å². The first-order valence-corrected chi connectivity index (χ1v) is 7.48. The number of hydrogen-bond acceptors (Lipinski definition) is 5. The maximum absolute atomic E-state index is 11.9. The van der Waals surface area contributed by atoms with Gasteiger partial charge < -0.3 is 5.73 Å². The molecule has 0 amide bonds. The summed E-state index contributed by atoms with van der Waals surface area (Å²) in [6.07, 6.45) is 2.42. The summed E-state index contributed by atoms with van der Waals surface area (Å²) in [6, 6.07) is 0. The molecule has 1 aromatic rings. The van der Waals surface area contributed by atoms with E-state index < -0.39 is 15.1 Å². The zero-order valence-electron chi connectivity index (χ0n) is 8.56. The van der Waals surface area contributed by atoms with Gasteiger partial charge in [-0.25, -0.2) is 13.4 Å². The van der Waals surface area contributed by atoms with Crippen molar-refractivity contribution < 1.29 is 8.42 Å². The summed E-state index contributed by atoms with van der Waals surface area (Å²) < 4.78 is 23.7. The highest BCUT2D eigenvalue weighted by molar-refractivity contribution is 7.91. The van der Waals surface area contributed by atoms with Gasteiger partial charge in [0.2, 0.25) is 0 Å². The van der Waals surface area contributed by atoms with Gasteiger partial charge in [-0.1, -0.05) is 6.42 Å². The van der Waals surface area contributed by atoms with E-state index in [1.807, 2.05) is 6.92 Å². The highest BCUT2D eigenvalue weighted by Crippen LogP contribution is 2.36. The second-order valence-electron chi connectivity index (χ2n) is 3.84. The van der Waals surface area contributed by atoms with Crippen molar-refractivity contribution in [1.82, 2.24) is 4.98 Å². The maximum Gasteiger partial charge on any atom is 0.180 e. The lowest BCUT2D eigenvalue weighted by molar-refractivity contribution is 0.543. The van der Waals surface area contributed by atoms with Crippen LogP contribution in [0.2, 0.25) is 0 Å². The first-order chi connectivity index (χ1) is 7.00. The number of hydrogen-bond donors (Lipinski definition) is 1. The quantitative estimate of drug-likeness (QED) is 0.818. The fraction of sp³-hybridized carbons (Fsp3) is 0.667. The van der Waals surface area contributed by atoms with Gasteiger partial charge in [-0.15, -0.1) is 11.3 Å². The molecule has 1 aliphatic heterocycles. The minimum absolute atomic E-state index is 0.286. The van der Waals surface area contributed by atoms with Gasteiger partial charge >= 0.3 is 0 Å². The minimum atomic E-state index is -3.00. The van der Waals surface area contributed by atoms with E-state index >= 15 is 0 Å². The minimum Gasteiger partial charge on any atom is -0.375 e. The van der Waals surface area contributed by atoms with Crippen LogP contribution in [0.4, 0.5) is 5.13 Å². The van der Waals surface area contributed by atoms with Gasteiger partial charge in [0.1, 0.15) is 5.25 Å². The van der Waals surface area contributed by atoms with E-state index in [9.17, 15) is 8.42 Å². The summed E-state index contributed by atoms with van der Waals surface area (Å²) in [7, 11) is -3.00. The normalized spacial score (nSPS) is 25.3. The Bertz CT molecular complexity index is 464. The Hall–Kier alpha value is -0.620. The standard InChI is InChI=1S/C9H14N2O2S2/c1-6-8(11-9(10)14-6)7-4-2-3-5-15(7,12)13/h7H,2-5H2,1H3,(H2,10,11). The molecule has 0 aromatic carbocycles. The molecule has 0 aliphatic carbocycles. The molecule has 2 heterocycles. The second kappa shape index (κ2) is 3.75. The molecule has 1 aromatic heterocycles. The van der Waals surface area contributed by atoms with Crippen molar-refractivity contribution >= 4 is 26.3 Å². The van der Waals surface area contributed by atoms with Crippen LogP contribution in [0.5, 0.6) is 0 Å². The molecule has 0 radical (unpaired) electrons. The van der Waals surface area contributed by atoms with E-state index in [0.29, 0.717) is 17.2 Å². The number of nitrogen functional groups attached to an aromatic ring is 1. The van der Waals surface area contributed by atoms with E-state index in [2.05, 4.69) is 4.98 Å². The van der Waals surface area contributed by atoms with Crippen molar-refractivity contribution in [1.29, 1.82) is 0 Å². The SMILES string of the molecule is Cc1sc(N)nc1C1CCCCS1(=O)=O. The summed E-state index contributed by atoms with van der Waals surface area (Å²) in [6.45, 7) is 1.88. The molecule has 1 unspecified atom stereocenters. The fourth-order valence-corrected chi connectivity index (χ4v) is 4.80. The summed E-state index contributed by atoms with van der Waals surface area (Å²) in [5.41, 5.74) is 6.27. The highest BCUT2D eigenvalue weighted by Gasteiger charge is 2.33. The third kappa shape index (κ3) is 2.01. The molecule has 84 valence electrons. The van der Waals surface area contributed by atoms with Gasteiger partial charge in [-0.05, 0) is 19.8 Å². The third-order valence-corrected chi connectivity index (χ3v) is 5.73. The second-order valence-corrected chi connectivity index (χ2v) is 7.38. The van der Waals surface area contributed by atoms with Crippen LogP contribution in [0.15, 0.2) is 0 Å². The predicted molar refractivity (Wildman–Crippen MR) is 61.6 cm³/mol.